The molecule has 2 aliphatic rings. The topological polar surface area (TPSA) is 85.8 Å². The highest BCUT2D eigenvalue weighted by atomic mass is 127. The van der Waals surface area contributed by atoms with Gasteiger partial charge in [0.1, 0.15) is 0 Å². The molecule has 1 saturated heterocycles. The number of halogens is 1. The summed E-state index contributed by atoms with van der Waals surface area (Å²) in [6, 6.07) is 12.5. The average molecular weight is 578 g/mol. The summed E-state index contributed by atoms with van der Waals surface area (Å²) >= 11 is 0. The van der Waals surface area contributed by atoms with Crippen LogP contribution in [0.2, 0.25) is 0 Å². The first-order valence-corrected chi connectivity index (χ1v) is 12.1. The number of guanidine groups is 1. The number of rotatable bonds is 8. The Morgan fingerprint density at radius 1 is 1.03 bits per heavy atom. The molecule has 0 unspecified atom stereocenters. The van der Waals surface area contributed by atoms with Gasteiger partial charge in [-0.1, -0.05) is 36.8 Å². The minimum absolute atomic E-state index is 0. The molecule has 0 radical (unpaired) electrons. The molecule has 9 heteroatoms. The fourth-order valence-corrected chi connectivity index (χ4v) is 4.56. The van der Waals surface area contributed by atoms with Crippen molar-refractivity contribution in [1.82, 2.24) is 25.5 Å². The van der Waals surface area contributed by atoms with Gasteiger partial charge in [-0.2, -0.15) is 0 Å². The molecular weight excluding hydrogens is 541 g/mol. The van der Waals surface area contributed by atoms with Gasteiger partial charge in [0, 0.05) is 63.5 Å². The van der Waals surface area contributed by atoms with Crippen molar-refractivity contribution in [3.63, 3.8) is 0 Å². The van der Waals surface area contributed by atoms with E-state index in [4.69, 9.17) is 4.99 Å². The van der Waals surface area contributed by atoms with Gasteiger partial charge in [0.2, 0.25) is 11.9 Å². The number of piperazine rings is 1. The molecule has 0 atom stereocenters. The predicted molar refractivity (Wildman–Crippen MR) is 147 cm³/mol. The summed E-state index contributed by atoms with van der Waals surface area (Å²) in [7, 11) is 0. The molecule has 0 bridgehead atoms. The van der Waals surface area contributed by atoms with Crippen LogP contribution in [0.1, 0.15) is 38.2 Å². The summed E-state index contributed by atoms with van der Waals surface area (Å²) in [4.78, 5) is 30.3. The third-order valence-corrected chi connectivity index (χ3v) is 6.68. The van der Waals surface area contributed by atoms with Crippen molar-refractivity contribution in [2.45, 2.75) is 38.0 Å². The zero-order chi connectivity index (χ0) is 22.9. The number of benzene rings is 1. The molecule has 1 aliphatic heterocycles. The first kappa shape index (κ1) is 26.2. The molecule has 2 N–H and O–H groups in total. The number of hydrogen-bond donors (Lipinski definition) is 2. The standard InChI is InChI=1S/C25H35N7O.HI/c1-2-26-23(30-20-25(11-6-12-25)21-8-4-3-5-9-21)27-15-10-22(33)31-16-18-32(19-17-31)24-28-13-7-14-29-24;/h3-5,7-9,13-14H,2,6,10-12,15-20H2,1H3,(H2,26,27,30);1H. The number of aliphatic imine (C=N–C) groups is 1. The lowest BCUT2D eigenvalue weighted by Crippen LogP contribution is -2.50. The maximum Gasteiger partial charge on any atom is 0.225 e. The Kier molecular flexibility index (Phi) is 9.91. The molecule has 2 fully saturated rings. The van der Waals surface area contributed by atoms with Crippen LogP contribution in [0.5, 0.6) is 0 Å². The fraction of sp³-hybridized carbons (Fsp3) is 0.520. The van der Waals surface area contributed by atoms with E-state index in [1.807, 2.05) is 11.0 Å². The maximum absolute atomic E-state index is 12.7. The van der Waals surface area contributed by atoms with Crippen LogP contribution in [0.15, 0.2) is 53.8 Å². The first-order chi connectivity index (χ1) is 16.2. The minimum atomic E-state index is 0. The molecule has 4 rings (SSSR count). The van der Waals surface area contributed by atoms with Gasteiger partial charge in [0.25, 0.3) is 0 Å². The molecule has 1 saturated carbocycles. The van der Waals surface area contributed by atoms with Crippen molar-refractivity contribution >= 4 is 41.8 Å². The Morgan fingerprint density at radius 2 is 1.74 bits per heavy atom. The lowest BCUT2D eigenvalue weighted by molar-refractivity contribution is -0.131. The van der Waals surface area contributed by atoms with E-state index in [0.717, 1.165) is 38.1 Å². The summed E-state index contributed by atoms with van der Waals surface area (Å²) in [6.07, 6.45) is 7.57. The monoisotopic (exact) mass is 577 g/mol. The van der Waals surface area contributed by atoms with Crippen LogP contribution in [0.3, 0.4) is 0 Å². The van der Waals surface area contributed by atoms with E-state index >= 15 is 0 Å². The Labute approximate surface area is 219 Å². The van der Waals surface area contributed by atoms with E-state index < -0.39 is 0 Å². The lowest BCUT2D eigenvalue weighted by atomic mass is 9.64. The smallest absolute Gasteiger partial charge is 0.225 e. The van der Waals surface area contributed by atoms with Crippen molar-refractivity contribution in [3.8, 4) is 0 Å². The second-order valence-corrected chi connectivity index (χ2v) is 8.79. The van der Waals surface area contributed by atoms with Crippen molar-refractivity contribution in [1.29, 1.82) is 0 Å². The number of amides is 1. The Balaban J connectivity index is 0.00000324. The summed E-state index contributed by atoms with van der Waals surface area (Å²) < 4.78 is 0. The number of nitrogens with zero attached hydrogens (tertiary/aromatic N) is 5. The zero-order valence-corrected chi connectivity index (χ0v) is 22.3. The average Bonchev–Trinajstić information content (AvgIpc) is 2.84. The van der Waals surface area contributed by atoms with Gasteiger partial charge >= 0.3 is 0 Å². The molecule has 34 heavy (non-hydrogen) atoms. The van der Waals surface area contributed by atoms with E-state index in [1.54, 1.807) is 12.4 Å². The van der Waals surface area contributed by atoms with Crippen LogP contribution < -0.4 is 15.5 Å². The highest BCUT2D eigenvalue weighted by Crippen LogP contribution is 2.43. The molecule has 2 heterocycles. The fourth-order valence-electron chi connectivity index (χ4n) is 4.56. The number of aromatic nitrogens is 2. The molecule has 1 aromatic carbocycles. The van der Waals surface area contributed by atoms with Crippen molar-refractivity contribution in [2.24, 2.45) is 4.99 Å². The number of carbonyl (C=O) groups is 1. The van der Waals surface area contributed by atoms with Gasteiger partial charge in [-0.25, -0.2) is 9.97 Å². The van der Waals surface area contributed by atoms with Gasteiger partial charge in [-0.15, -0.1) is 24.0 Å². The Hall–Kier alpha value is -2.43. The molecule has 2 aromatic rings. The second-order valence-electron chi connectivity index (χ2n) is 8.79. The van der Waals surface area contributed by atoms with Crippen molar-refractivity contribution in [2.75, 3.05) is 50.7 Å². The largest absolute Gasteiger partial charge is 0.357 e. The molecule has 8 nitrogen and oxygen atoms in total. The van der Waals surface area contributed by atoms with Gasteiger partial charge in [-0.05, 0) is 31.4 Å². The minimum Gasteiger partial charge on any atom is -0.357 e. The SMILES string of the molecule is CCNC(=NCC1(c2ccccc2)CCC1)NCCC(=O)N1CCN(c2ncccn2)CC1.I. The highest BCUT2D eigenvalue weighted by Gasteiger charge is 2.38. The molecular formula is C25H36IN7O. The molecule has 1 aromatic heterocycles. The van der Waals surface area contributed by atoms with Gasteiger partial charge in [0.15, 0.2) is 5.96 Å². The van der Waals surface area contributed by atoms with E-state index in [1.165, 1.54) is 24.8 Å². The van der Waals surface area contributed by atoms with Crippen LogP contribution >= 0.6 is 24.0 Å². The van der Waals surface area contributed by atoms with Crippen LogP contribution in [0.4, 0.5) is 5.95 Å². The van der Waals surface area contributed by atoms with Crippen LogP contribution in [-0.2, 0) is 10.2 Å². The van der Waals surface area contributed by atoms with Crippen LogP contribution in [0.25, 0.3) is 0 Å². The van der Waals surface area contributed by atoms with E-state index in [2.05, 4.69) is 62.8 Å². The molecule has 1 aliphatic carbocycles. The maximum atomic E-state index is 12.7. The highest BCUT2D eigenvalue weighted by molar-refractivity contribution is 14.0. The summed E-state index contributed by atoms with van der Waals surface area (Å²) in [5.41, 5.74) is 1.53. The number of carbonyl (C=O) groups excluding carboxylic acids is 1. The summed E-state index contributed by atoms with van der Waals surface area (Å²) in [5, 5.41) is 6.68. The second kappa shape index (κ2) is 12.9. The first-order valence-electron chi connectivity index (χ1n) is 12.1. The van der Waals surface area contributed by atoms with Crippen LogP contribution in [-0.4, -0.2) is 72.5 Å². The molecule has 1 amide bonds. The molecule has 184 valence electrons. The normalized spacial score (nSPS) is 17.4. The Morgan fingerprint density at radius 3 is 2.35 bits per heavy atom. The van der Waals surface area contributed by atoms with E-state index in [0.29, 0.717) is 26.1 Å². The van der Waals surface area contributed by atoms with Gasteiger partial charge in [0.05, 0.1) is 6.54 Å². The van der Waals surface area contributed by atoms with E-state index in [-0.39, 0.29) is 35.3 Å². The Bertz CT molecular complexity index is 913. The lowest BCUT2D eigenvalue weighted by Gasteiger charge is -2.41. The van der Waals surface area contributed by atoms with Crippen molar-refractivity contribution < 1.29 is 4.79 Å². The summed E-state index contributed by atoms with van der Waals surface area (Å²) in [6.45, 7) is 7.12. The van der Waals surface area contributed by atoms with E-state index in [9.17, 15) is 4.79 Å². The third kappa shape index (κ3) is 6.58. The van der Waals surface area contributed by atoms with Gasteiger partial charge < -0.3 is 20.4 Å². The quantitative estimate of drug-likeness (QED) is 0.285. The van der Waals surface area contributed by atoms with Crippen LogP contribution in [0, 0.1) is 0 Å². The zero-order valence-electron chi connectivity index (χ0n) is 19.9. The third-order valence-electron chi connectivity index (χ3n) is 6.68. The number of anilines is 1. The van der Waals surface area contributed by atoms with Gasteiger partial charge in [-0.3, -0.25) is 9.79 Å². The predicted octanol–water partition coefficient (Wildman–Crippen LogP) is 2.81. The number of nitrogens with one attached hydrogen (secondary N) is 2. The number of hydrogen-bond acceptors (Lipinski definition) is 5. The summed E-state index contributed by atoms with van der Waals surface area (Å²) in [5.74, 6) is 1.70. The molecule has 0 spiro atoms. The van der Waals surface area contributed by atoms with Crippen molar-refractivity contribution in [3.05, 3.63) is 54.4 Å².